The lowest BCUT2D eigenvalue weighted by Crippen LogP contribution is -2.36. The number of aliphatic imine (C=N–C) groups is 1. The van der Waals surface area contributed by atoms with E-state index in [1.54, 1.807) is 14.2 Å². The quantitative estimate of drug-likeness (QED) is 0.475. The summed E-state index contributed by atoms with van der Waals surface area (Å²) in [5.74, 6) is 2.20. The molecular weight excluding hydrogens is 378 g/mol. The number of guanidine groups is 1. The van der Waals surface area contributed by atoms with E-state index < -0.39 is 0 Å². The van der Waals surface area contributed by atoms with Crippen molar-refractivity contribution in [3.63, 3.8) is 0 Å². The first-order chi connectivity index (χ1) is 14.3. The van der Waals surface area contributed by atoms with E-state index in [-0.39, 0.29) is 5.60 Å². The molecule has 164 valence electrons. The molecule has 0 aliphatic heterocycles. The lowest BCUT2D eigenvalue weighted by Gasteiger charge is -2.19. The van der Waals surface area contributed by atoms with Gasteiger partial charge in [-0.15, -0.1) is 0 Å². The Labute approximate surface area is 180 Å². The summed E-state index contributed by atoms with van der Waals surface area (Å²) in [7, 11) is 3.27. The number of hydrogen-bond donors (Lipinski definition) is 2. The minimum absolute atomic E-state index is 0.152. The lowest BCUT2D eigenvalue weighted by molar-refractivity contribution is -0.0149. The van der Waals surface area contributed by atoms with E-state index in [1.807, 2.05) is 18.2 Å². The summed E-state index contributed by atoms with van der Waals surface area (Å²) in [6.07, 6.45) is 0. The summed E-state index contributed by atoms with van der Waals surface area (Å²) in [6.45, 7) is 10.8. The van der Waals surface area contributed by atoms with E-state index in [1.165, 1.54) is 0 Å². The zero-order valence-corrected chi connectivity index (χ0v) is 19.0. The van der Waals surface area contributed by atoms with Crippen molar-refractivity contribution < 1.29 is 14.2 Å². The average molecular weight is 414 g/mol. The standard InChI is InChI=1S/C24H35N3O3/c1-7-25-23(27-16-19-11-12-21(28-5)22(14-19)29-6)26-15-18-9-8-10-20(13-18)17-30-24(2,3)4/h8-14H,7,15-17H2,1-6H3,(H2,25,26,27). The van der Waals surface area contributed by atoms with Crippen LogP contribution in [0.25, 0.3) is 0 Å². The van der Waals surface area contributed by atoms with Crippen LogP contribution in [0.5, 0.6) is 11.5 Å². The van der Waals surface area contributed by atoms with E-state index in [0.717, 1.165) is 34.9 Å². The topological polar surface area (TPSA) is 64.1 Å². The van der Waals surface area contributed by atoms with Crippen molar-refractivity contribution in [2.24, 2.45) is 4.99 Å². The van der Waals surface area contributed by atoms with Gasteiger partial charge < -0.3 is 24.8 Å². The molecule has 2 N–H and O–H groups in total. The Morgan fingerprint density at radius 1 is 0.900 bits per heavy atom. The van der Waals surface area contributed by atoms with Gasteiger partial charge in [0.2, 0.25) is 0 Å². The molecule has 0 aliphatic rings. The smallest absolute Gasteiger partial charge is 0.191 e. The maximum absolute atomic E-state index is 5.88. The molecule has 0 fully saturated rings. The fourth-order valence-electron chi connectivity index (χ4n) is 2.81. The van der Waals surface area contributed by atoms with Crippen molar-refractivity contribution in [3.05, 3.63) is 59.2 Å². The van der Waals surface area contributed by atoms with Crippen molar-refractivity contribution in [1.29, 1.82) is 0 Å². The monoisotopic (exact) mass is 413 g/mol. The van der Waals surface area contributed by atoms with E-state index >= 15 is 0 Å². The first-order valence-corrected chi connectivity index (χ1v) is 10.3. The van der Waals surface area contributed by atoms with Crippen LogP contribution in [0.1, 0.15) is 44.4 Å². The maximum atomic E-state index is 5.88. The van der Waals surface area contributed by atoms with Gasteiger partial charge in [-0.1, -0.05) is 30.3 Å². The van der Waals surface area contributed by atoms with Crippen LogP contribution in [0.4, 0.5) is 0 Å². The summed E-state index contributed by atoms with van der Waals surface area (Å²) < 4.78 is 16.6. The second kappa shape index (κ2) is 11.5. The third-order valence-corrected chi connectivity index (χ3v) is 4.34. The molecule has 2 aromatic rings. The normalized spacial score (nSPS) is 11.9. The van der Waals surface area contributed by atoms with Crippen molar-refractivity contribution in [2.75, 3.05) is 20.8 Å². The Morgan fingerprint density at radius 3 is 2.30 bits per heavy atom. The molecule has 0 saturated heterocycles. The fraction of sp³-hybridized carbons (Fsp3) is 0.458. The minimum atomic E-state index is -0.152. The van der Waals surface area contributed by atoms with Crippen LogP contribution in [0.2, 0.25) is 0 Å². The van der Waals surface area contributed by atoms with Crippen LogP contribution in [0.3, 0.4) is 0 Å². The van der Waals surface area contributed by atoms with Crippen LogP contribution < -0.4 is 20.1 Å². The number of ether oxygens (including phenoxy) is 3. The number of rotatable bonds is 9. The average Bonchev–Trinajstić information content (AvgIpc) is 2.73. The van der Waals surface area contributed by atoms with Gasteiger partial charge in [-0.25, -0.2) is 4.99 Å². The van der Waals surface area contributed by atoms with Crippen molar-refractivity contribution in [3.8, 4) is 11.5 Å². The van der Waals surface area contributed by atoms with E-state index in [0.29, 0.717) is 25.4 Å². The van der Waals surface area contributed by atoms with Crippen molar-refractivity contribution in [1.82, 2.24) is 10.6 Å². The fourth-order valence-corrected chi connectivity index (χ4v) is 2.81. The highest BCUT2D eigenvalue weighted by molar-refractivity contribution is 5.79. The molecule has 0 aromatic heterocycles. The van der Waals surface area contributed by atoms with Gasteiger partial charge in [0.25, 0.3) is 0 Å². The summed E-state index contributed by atoms with van der Waals surface area (Å²) in [4.78, 5) is 4.72. The molecule has 0 saturated carbocycles. The van der Waals surface area contributed by atoms with Crippen molar-refractivity contribution >= 4 is 5.96 Å². The second-order valence-corrected chi connectivity index (χ2v) is 7.96. The number of hydrogen-bond acceptors (Lipinski definition) is 4. The van der Waals surface area contributed by atoms with E-state index in [2.05, 4.69) is 62.6 Å². The molecule has 0 bridgehead atoms. The van der Waals surface area contributed by atoms with Crippen LogP contribution in [-0.4, -0.2) is 32.3 Å². The molecule has 0 spiro atoms. The number of benzene rings is 2. The number of nitrogens with one attached hydrogen (secondary N) is 2. The maximum Gasteiger partial charge on any atom is 0.191 e. The number of nitrogens with zero attached hydrogens (tertiary/aromatic N) is 1. The molecule has 0 radical (unpaired) electrons. The van der Waals surface area contributed by atoms with Gasteiger partial charge in [0, 0.05) is 13.1 Å². The molecule has 2 aromatic carbocycles. The number of methoxy groups -OCH3 is 2. The zero-order valence-electron chi connectivity index (χ0n) is 19.0. The van der Waals surface area contributed by atoms with Crippen LogP contribution >= 0.6 is 0 Å². The third kappa shape index (κ3) is 7.95. The second-order valence-electron chi connectivity index (χ2n) is 7.96. The predicted molar refractivity (Wildman–Crippen MR) is 122 cm³/mol. The third-order valence-electron chi connectivity index (χ3n) is 4.34. The summed E-state index contributed by atoms with van der Waals surface area (Å²) in [5.41, 5.74) is 3.23. The molecule has 0 amide bonds. The highest BCUT2D eigenvalue weighted by Crippen LogP contribution is 2.27. The van der Waals surface area contributed by atoms with E-state index in [9.17, 15) is 0 Å². The summed E-state index contributed by atoms with van der Waals surface area (Å²) in [5, 5.41) is 6.67. The first-order valence-electron chi connectivity index (χ1n) is 10.3. The lowest BCUT2D eigenvalue weighted by atomic mass is 10.1. The molecule has 30 heavy (non-hydrogen) atoms. The predicted octanol–water partition coefficient (Wildman–Crippen LogP) is 4.27. The minimum Gasteiger partial charge on any atom is -0.493 e. The molecule has 0 heterocycles. The molecule has 0 unspecified atom stereocenters. The van der Waals surface area contributed by atoms with Gasteiger partial charge in [-0.05, 0) is 56.5 Å². The van der Waals surface area contributed by atoms with Gasteiger partial charge in [0.1, 0.15) is 0 Å². The Hall–Kier alpha value is -2.73. The van der Waals surface area contributed by atoms with Gasteiger partial charge in [0.05, 0.1) is 33.0 Å². The SMILES string of the molecule is CCNC(=NCc1cccc(COC(C)(C)C)c1)NCc1ccc(OC)c(OC)c1. The Bertz CT molecular complexity index is 829. The van der Waals surface area contributed by atoms with Crippen LogP contribution in [0, 0.1) is 0 Å². The van der Waals surface area contributed by atoms with Gasteiger partial charge in [0.15, 0.2) is 17.5 Å². The Kier molecular flexibility index (Phi) is 8.99. The van der Waals surface area contributed by atoms with Gasteiger partial charge in [-0.2, -0.15) is 0 Å². The molecule has 0 atom stereocenters. The molecule has 2 rings (SSSR count). The largest absolute Gasteiger partial charge is 0.493 e. The van der Waals surface area contributed by atoms with E-state index in [4.69, 9.17) is 19.2 Å². The Morgan fingerprint density at radius 2 is 1.63 bits per heavy atom. The van der Waals surface area contributed by atoms with Gasteiger partial charge >= 0.3 is 0 Å². The van der Waals surface area contributed by atoms with Crippen LogP contribution in [-0.2, 0) is 24.4 Å². The van der Waals surface area contributed by atoms with Gasteiger partial charge in [-0.3, -0.25) is 0 Å². The zero-order chi connectivity index (χ0) is 22.0. The molecular formula is C24H35N3O3. The van der Waals surface area contributed by atoms with Crippen molar-refractivity contribution in [2.45, 2.75) is 53.0 Å². The molecule has 6 heteroatoms. The highest BCUT2D eigenvalue weighted by Gasteiger charge is 2.10. The van der Waals surface area contributed by atoms with Crippen LogP contribution in [0.15, 0.2) is 47.5 Å². The summed E-state index contributed by atoms with van der Waals surface area (Å²) in [6, 6.07) is 14.3. The molecule has 0 aliphatic carbocycles. The molecule has 6 nitrogen and oxygen atoms in total. The first kappa shape index (κ1) is 23.5. The Balaban J connectivity index is 2.01. The highest BCUT2D eigenvalue weighted by atomic mass is 16.5. The summed E-state index contributed by atoms with van der Waals surface area (Å²) >= 11 is 0.